The summed E-state index contributed by atoms with van der Waals surface area (Å²) in [5.74, 6) is 0.0806. The predicted molar refractivity (Wildman–Crippen MR) is 102 cm³/mol. The average Bonchev–Trinajstić information content (AvgIpc) is 3.00. The molecule has 1 aliphatic heterocycles. The summed E-state index contributed by atoms with van der Waals surface area (Å²) in [5.41, 5.74) is 5.18. The summed E-state index contributed by atoms with van der Waals surface area (Å²) >= 11 is 0. The van der Waals surface area contributed by atoms with Crippen LogP contribution in [0.3, 0.4) is 0 Å². The highest BCUT2D eigenvalue weighted by Crippen LogP contribution is 2.40. The fraction of sp³-hybridized carbons (Fsp3) is 0.476. The normalized spacial score (nSPS) is 23.9. The highest BCUT2D eigenvalue weighted by atomic mass is 16.2. The summed E-state index contributed by atoms with van der Waals surface area (Å²) in [6, 6.07) is 7.04. The van der Waals surface area contributed by atoms with E-state index < -0.39 is 0 Å². The highest BCUT2D eigenvalue weighted by Gasteiger charge is 2.35. The van der Waals surface area contributed by atoms with Gasteiger partial charge in [-0.05, 0) is 49.6 Å². The Morgan fingerprint density at radius 2 is 2.28 bits per heavy atom. The smallest absolute Gasteiger partial charge is 0.228 e. The monoisotopic (exact) mass is 337 g/mol. The number of rotatable bonds is 4. The fourth-order valence-electron chi connectivity index (χ4n) is 4.47. The van der Waals surface area contributed by atoms with Gasteiger partial charge in [0, 0.05) is 35.7 Å². The first kappa shape index (κ1) is 16.4. The van der Waals surface area contributed by atoms with E-state index in [1.54, 1.807) is 0 Å². The maximum atomic E-state index is 12.8. The molecule has 0 saturated carbocycles. The number of H-pyrrole nitrogens is 1. The maximum Gasteiger partial charge on any atom is 0.228 e. The molecule has 132 valence electrons. The van der Waals surface area contributed by atoms with Crippen molar-refractivity contribution in [3.8, 4) is 0 Å². The van der Waals surface area contributed by atoms with Gasteiger partial charge in [0.25, 0.3) is 0 Å². The standard InChI is InChI=1S/C21H27N3O/c1-4-6-13(2)23-21(25)15-9-17-16-7-5-8-18-20(16)14(11-22-18)10-19(17)24(3)12-15/h5,7-9,11,13,15,19,22H,4,6,10,12H2,1-3H3,(H,23,25)/t13-,15?,19-/m1/s1. The van der Waals surface area contributed by atoms with Gasteiger partial charge in [-0.2, -0.15) is 0 Å². The second-order valence-electron chi connectivity index (χ2n) is 7.63. The summed E-state index contributed by atoms with van der Waals surface area (Å²) in [6.07, 6.45) is 7.50. The molecule has 2 N–H and O–H groups in total. The Hall–Kier alpha value is -2.07. The van der Waals surface area contributed by atoms with Crippen molar-refractivity contribution in [2.75, 3.05) is 13.6 Å². The number of likely N-dealkylation sites (N-methyl/N-ethyl adjacent to an activating group) is 1. The minimum atomic E-state index is -0.0775. The number of nitrogens with one attached hydrogen (secondary N) is 2. The number of hydrogen-bond acceptors (Lipinski definition) is 2. The number of amides is 1. The van der Waals surface area contributed by atoms with Crippen LogP contribution in [-0.4, -0.2) is 41.5 Å². The van der Waals surface area contributed by atoms with Gasteiger partial charge in [0.1, 0.15) is 0 Å². The molecule has 4 nitrogen and oxygen atoms in total. The summed E-state index contributed by atoms with van der Waals surface area (Å²) in [5, 5.41) is 4.52. The molecule has 0 saturated heterocycles. The van der Waals surface area contributed by atoms with Crippen LogP contribution in [0.4, 0.5) is 0 Å². The zero-order valence-electron chi connectivity index (χ0n) is 15.3. The van der Waals surface area contributed by atoms with Crippen LogP contribution in [0.5, 0.6) is 0 Å². The zero-order chi connectivity index (χ0) is 17.6. The van der Waals surface area contributed by atoms with E-state index >= 15 is 0 Å². The van der Waals surface area contributed by atoms with Crippen LogP contribution in [0, 0.1) is 5.92 Å². The molecule has 0 radical (unpaired) electrons. The molecular formula is C21H27N3O. The molecule has 3 atom stereocenters. The summed E-state index contributed by atoms with van der Waals surface area (Å²) in [7, 11) is 2.14. The number of aromatic amines is 1. The predicted octanol–water partition coefficient (Wildman–Crippen LogP) is 3.34. The van der Waals surface area contributed by atoms with Gasteiger partial charge in [0.05, 0.1) is 5.92 Å². The van der Waals surface area contributed by atoms with Crippen LogP contribution in [0.1, 0.15) is 37.8 Å². The van der Waals surface area contributed by atoms with E-state index in [1.165, 1.54) is 27.6 Å². The lowest BCUT2D eigenvalue weighted by molar-refractivity contribution is -0.124. The van der Waals surface area contributed by atoms with Gasteiger partial charge in [0.2, 0.25) is 5.91 Å². The molecule has 1 amide bonds. The van der Waals surface area contributed by atoms with E-state index in [2.05, 4.69) is 66.6 Å². The SMILES string of the molecule is CCC[C@@H](C)NC(=O)C1C=C2c3cccc4[nH]cc(c34)C[C@H]2N(C)C1. The number of carbonyl (C=O) groups is 1. The van der Waals surface area contributed by atoms with Crippen molar-refractivity contribution in [1.82, 2.24) is 15.2 Å². The number of hydrogen-bond donors (Lipinski definition) is 2. The van der Waals surface area contributed by atoms with Crippen LogP contribution < -0.4 is 5.32 Å². The Balaban J connectivity index is 1.69. The summed E-state index contributed by atoms with van der Waals surface area (Å²) < 4.78 is 0. The van der Waals surface area contributed by atoms with Gasteiger partial charge in [-0.15, -0.1) is 0 Å². The minimum Gasteiger partial charge on any atom is -0.361 e. The lowest BCUT2D eigenvalue weighted by atomic mass is 9.80. The molecule has 2 heterocycles. The van der Waals surface area contributed by atoms with E-state index in [1.807, 2.05) is 0 Å². The van der Waals surface area contributed by atoms with Gasteiger partial charge in [-0.25, -0.2) is 0 Å². The molecule has 0 spiro atoms. The van der Waals surface area contributed by atoms with E-state index in [0.717, 1.165) is 25.8 Å². The first-order valence-corrected chi connectivity index (χ1v) is 9.40. The number of benzene rings is 1. The molecule has 0 bridgehead atoms. The Morgan fingerprint density at radius 1 is 1.44 bits per heavy atom. The third-order valence-corrected chi connectivity index (χ3v) is 5.72. The molecule has 25 heavy (non-hydrogen) atoms. The molecule has 2 aromatic rings. The Bertz CT molecular complexity index is 835. The van der Waals surface area contributed by atoms with Gasteiger partial charge < -0.3 is 10.3 Å². The molecule has 1 unspecified atom stereocenters. The molecule has 1 aliphatic carbocycles. The van der Waals surface area contributed by atoms with E-state index in [-0.39, 0.29) is 17.9 Å². The van der Waals surface area contributed by atoms with Crippen LogP contribution in [0.25, 0.3) is 16.5 Å². The molecule has 4 rings (SSSR count). The second kappa shape index (κ2) is 6.34. The lowest BCUT2D eigenvalue weighted by Gasteiger charge is -2.39. The van der Waals surface area contributed by atoms with Gasteiger partial charge in [-0.1, -0.05) is 31.6 Å². The molecule has 2 aliphatic rings. The number of aromatic nitrogens is 1. The molecule has 1 aromatic carbocycles. The van der Waals surface area contributed by atoms with Crippen molar-refractivity contribution in [2.45, 2.75) is 45.2 Å². The zero-order valence-corrected chi connectivity index (χ0v) is 15.3. The number of fused-ring (bicyclic) bond motifs is 2. The lowest BCUT2D eigenvalue weighted by Crippen LogP contribution is -2.47. The largest absolute Gasteiger partial charge is 0.361 e. The van der Waals surface area contributed by atoms with Crippen LogP contribution in [0.2, 0.25) is 0 Å². The van der Waals surface area contributed by atoms with Crippen LogP contribution in [0.15, 0.2) is 30.5 Å². The number of nitrogens with zero attached hydrogens (tertiary/aromatic N) is 1. The molecule has 1 aromatic heterocycles. The van der Waals surface area contributed by atoms with E-state index in [4.69, 9.17) is 0 Å². The van der Waals surface area contributed by atoms with Gasteiger partial charge >= 0.3 is 0 Å². The quantitative estimate of drug-likeness (QED) is 0.899. The molecule has 4 heteroatoms. The van der Waals surface area contributed by atoms with Crippen molar-refractivity contribution in [2.24, 2.45) is 5.92 Å². The molecular weight excluding hydrogens is 310 g/mol. The first-order chi connectivity index (χ1) is 12.1. The third-order valence-electron chi connectivity index (χ3n) is 5.72. The van der Waals surface area contributed by atoms with Crippen molar-refractivity contribution >= 4 is 22.4 Å². The summed E-state index contributed by atoms with van der Waals surface area (Å²) in [6.45, 7) is 5.03. The van der Waals surface area contributed by atoms with Gasteiger partial charge in [-0.3, -0.25) is 9.69 Å². The Morgan fingerprint density at radius 3 is 3.08 bits per heavy atom. The molecule has 0 fully saturated rings. The number of carbonyl (C=O) groups excluding carboxylic acids is 1. The minimum absolute atomic E-state index is 0.0775. The highest BCUT2D eigenvalue weighted by molar-refractivity contribution is 5.99. The van der Waals surface area contributed by atoms with Crippen molar-refractivity contribution in [3.05, 3.63) is 41.6 Å². The van der Waals surface area contributed by atoms with Crippen molar-refractivity contribution in [1.29, 1.82) is 0 Å². The maximum absolute atomic E-state index is 12.8. The van der Waals surface area contributed by atoms with E-state index in [0.29, 0.717) is 6.04 Å². The van der Waals surface area contributed by atoms with Crippen LogP contribution >= 0.6 is 0 Å². The second-order valence-corrected chi connectivity index (χ2v) is 7.63. The van der Waals surface area contributed by atoms with Crippen molar-refractivity contribution < 1.29 is 4.79 Å². The van der Waals surface area contributed by atoms with E-state index in [9.17, 15) is 4.79 Å². The van der Waals surface area contributed by atoms with Crippen molar-refractivity contribution in [3.63, 3.8) is 0 Å². The average molecular weight is 337 g/mol. The van der Waals surface area contributed by atoms with Gasteiger partial charge in [0.15, 0.2) is 0 Å². The fourth-order valence-corrected chi connectivity index (χ4v) is 4.47. The topological polar surface area (TPSA) is 48.1 Å². The third kappa shape index (κ3) is 2.78. The Labute approximate surface area is 149 Å². The Kier molecular flexibility index (Phi) is 4.16. The first-order valence-electron chi connectivity index (χ1n) is 9.40. The summed E-state index contributed by atoms with van der Waals surface area (Å²) in [4.78, 5) is 18.5. The van der Waals surface area contributed by atoms with Crippen LogP contribution in [-0.2, 0) is 11.2 Å².